The van der Waals surface area contributed by atoms with Crippen LogP contribution in [-0.2, 0) is 4.79 Å². The van der Waals surface area contributed by atoms with Gasteiger partial charge in [0, 0.05) is 28.7 Å². The molecule has 2 N–H and O–H groups in total. The quantitative estimate of drug-likeness (QED) is 0.169. The Hall–Kier alpha value is -4.44. The second kappa shape index (κ2) is 9.67. The van der Waals surface area contributed by atoms with Crippen molar-refractivity contribution in [2.24, 2.45) is 0 Å². The summed E-state index contributed by atoms with van der Waals surface area (Å²) in [5.74, 6) is 0.285. The number of nitrogens with one attached hydrogen (secondary N) is 2. The molecule has 0 aliphatic heterocycles. The number of aromatic nitrogens is 4. The third-order valence-corrected chi connectivity index (χ3v) is 6.79. The average Bonchev–Trinajstić information content (AvgIpc) is 3.48. The number of amides is 1. The Morgan fingerprint density at radius 2 is 1.78 bits per heavy atom. The zero-order valence-corrected chi connectivity index (χ0v) is 20.4. The summed E-state index contributed by atoms with van der Waals surface area (Å²) in [6.45, 7) is 3.73. The van der Waals surface area contributed by atoms with Gasteiger partial charge in [0.05, 0.1) is 16.4 Å². The largest absolute Gasteiger partial charge is 0.360 e. The number of nitro groups is 1. The van der Waals surface area contributed by atoms with E-state index in [0.717, 1.165) is 27.7 Å². The fraction of sp³-hybridized carbons (Fsp3) is 0.115. The van der Waals surface area contributed by atoms with Gasteiger partial charge in [-0.1, -0.05) is 60.3 Å². The van der Waals surface area contributed by atoms with Crippen LogP contribution in [0.1, 0.15) is 11.1 Å². The number of aromatic amines is 1. The first-order valence-electron chi connectivity index (χ1n) is 11.2. The second-order valence-corrected chi connectivity index (χ2v) is 9.18. The molecule has 0 unspecified atom stereocenters. The Labute approximate surface area is 210 Å². The zero-order chi connectivity index (χ0) is 25.2. The minimum Gasteiger partial charge on any atom is -0.360 e. The highest BCUT2D eigenvalue weighted by molar-refractivity contribution is 7.99. The maximum atomic E-state index is 12.8. The van der Waals surface area contributed by atoms with Crippen molar-refractivity contribution in [1.29, 1.82) is 0 Å². The number of rotatable bonds is 7. The number of nitrogens with zero attached hydrogens (tertiary/aromatic N) is 4. The maximum absolute atomic E-state index is 12.8. The Morgan fingerprint density at radius 3 is 2.58 bits per heavy atom. The third kappa shape index (κ3) is 4.34. The van der Waals surface area contributed by atoms with Crippen molar-refractivity contribution in [3.05, 3.63) is 94.2 Å². The molecular weight excluding hydrogens is 476 g/mol. The van der Waals surface area contributed by atoms with E-state index >= 15 is 0 Å². The SMILES string of the molecule is Cc1ccccc1-n1c(SCC(=O)Nc2c(C)cccc2[N+](=O)[O-])nnc1-c1c[nH]c2ccccc12. The van der Waals surface area contributed by atoms with Gasteiger partial charge in [-0.15, -0.1) is 10.2 Å². The summed E-state index contributed by atoms with van der Waals surface area (Å²) in [6, 6.07) is 20.5. The molecule has 0 spiro atoms. The van der Waals surface area contributed by atoms with Crippen molar-refractivity contribution < 1.29 is 9.72 Å². The Balaban J connectivity index is 1.48. The number of carbonyl (C=O) groups is 1. The van der Waals surface area contributed by atoms with E-state index in [0.29, 0.717) is 16.5 Å². The third-order valence-electron chi connectivity index (χ3n) is 5.86. The number of hydrogen-bond donors (Lipinski definition) is 2. The minimum absolute atomic E-state index is 0.00336. The molecule has 0 bridgehead atoms. The zero-order valence-electron chi connectivity index (χ0n) is 19.6. The molecule has 9 nitrogen and oxygen atoms in total. The first-order chi connectivity index (χ1) is 17.4. The van der Waals surface area contributed by atoms with Crippen molar-refractivity contribution in [3.8, 4) is 17.1 Å². The van der Waals surface area contributed by atoms with Crippen LogP contribution >= 0.6 is 11.8 Å². The van der Waals surface area contributed by atoms with Crippen molar-refractivity contribution in [2.75, 3.05) is 11.1 Å². The van der Waals surface area contributed by atoms with Gasteiger partial charge in [-0.25, -0.2) is 0 Å². The van der Waals surface area contributed by atoms with Gasteiger partial charge in [-0.2, -0.15) is 0 Å². The topological polar surface area (TPSA) is 119 Å². The molecule has 0 saturated carbocycles. The van der Waals surface area contributed by atoms with E-state index in [1.165, 1.54) is 17.8 Å². The number of thioether (sulfide) groups is 1. The number of H-pyrrole nitrogens is 1. The number of aryl methyl sites for hydroxylation is 2. The number of para-hydroxylation sites is 3. The Bertz CT molecular complexity index is 1610. The smallest absolute Gasteiger partial charge is 0.293 e. The van der Waals surface area contributed by atoms with Gasteiger partial charge in [0.2, 0.25) is 5.91 Å². The molecule has 0 aliphatic rings. The van der Waals surface area contributed by atoms with Crippen molar-refractivity contribution in [2.45, 2.75) is 19.0 Å². The standard InChI is InChI=1S/C26H22N6O3S/c1-16-8-3-6-12-21(16)31-25(19-14-27-20-11-5-4-10-18(19)20)29-30-26(31)36-15-23(33)28-24-17(2)9-7-13-22(24)32(34)35/h3-14,27H,15H2,1-2H3,(H,28,33). The summed E-state index contributed by atoms with van der Waals surface area (Å²) in [4.78, 5) is 27.0. The summed E-state index contributed by atoms with van der Waals surface area (Å²) in [5.41, 5.74) is 4.49. The highest BCUT2D eigenvalue weighted by Crippen LogP contribution is 2.34. The van der Waals surface area contributed by atoms with Gasteiger partial charge in [-0.3, -0.25) is 19.5 Å². The van der Waals surface area contributed by atoms with E-state index in [-0.39, 0.29) is 23.0 Å². The molecule has 2 heterocycles. The van der Waals surface area contributed by atoms with Gasteiger partial charge in [0.25, 0.3) is 5.69 Å². The van der Waals surface area contributed by atoms with Crippen LogP contribution in [0.2, 0.25) is 0 Å². The summed E-state index contributed by atoms with van der Waals surface area (Å²) >= 11 is 1.22. The van der Waals surface area contributed by atoms with Crippen molar-refractivity contribution in [1.82, 2.24) is 19.7 Å². The summed E-state index contributed by atoms with van der Waals surface area (Å²) in [5, 5.41) is 24.6. The fourth-order valence-electron chi connectivity index (χ4n) is 4.10. The van der Waals surface area contributed by atoms with Crippen LogP contribution in [0.25, 0.3) is 28.0 Å². The number of benzene rings is 3. The first-order valence-corrected chi connectivity index (χ1v) is 12.2. The minimum atomic E-state index is -0.502. The number of anilines is 1. The molecule has 36 heavy (non-hydrogen) atoms. The molecule has 5 aromatic rings. The van der Waals surface area contributed by atoms with Crippen LogP contribution in [0.3, 0.4) is 0 Å². The molecule has 0 fully saturated rings. The summed E-state index contributed by atoms with van der Waals surface area (Å²) < 4.78 is 1.94. The average molecular weight is 499 g/mol. The highest BCUT2D eigenvalue weighted by Gasteiger charge is 2.22. The van der Waals surface area contributed by atoms with Crippen molar-refractivity contribution >= 4 is 39.9 Å². The van der Waals surface area contributed by atoms with Crippen LogP contribution in [0.4, 0.5) is 11.4 Å². The predicted molar refractivity (Wildman–Crippen MR) is 141 cm³/mol. The molecule has 5 rings (SSSR count). The normalized spacial score (nSPS) is 11.1. The number of nitro benzene ring substituents is 1. The Kier molecular flexibility index (Phi) is 6.26. The maximum Gasteiger partial charge on any atom is 0.293 e. The molecule has 0 radical (unpaired) electrons. The van der Waals surface area contributed by atoms with Gasteiger partial charge in [0.1, 0.15) is 5.69 Å². The molecule has 3 aromatic carbocycles. The van der Waals surface area contributed by atoms with E-state index in [1.807, 2.05) is 66.2 Å². The predicted octanol–water partition coefficient (Wildman–Crippen LogP) is 5.67. The molecule has 0 aliphatic carbocycles. The van der Waals surface area contributed by atoms with Crippen LogP contribution in [-0.4, -0.2) is 36.3 Å². The van der Waals surface area contributed by atoms with Crippen LogP contribution in [0, 0.1) is 24.0 Å². The highest BCUT2D eigenvalue weighted by atomic mass is 32.2. The molecular formula is C26H22N6O3S. The van der Waals surface area contributed by atoms with Gasteiger partial charge in [-0.05, 0) is 37.1 Å². The molecule has 2 aromatic heterocycles. The van der Waals surface area contributed by atoms with Crippen LogP contribution < -0.4 is 5.32 Å². The lowest BCUT2D eigenvalue weighted by atomic mass is 10.1. The van der Waals surface area contributed by atoms with E-state index in [2.05, 4.69) is 20.5 Å². The molecule has 10 heteroatoms. The number of carbonyl (C=O) groups excluding carboxylic acids is 1. The Morgan fingerprint density at radius 1 is 1.03 bits per heavy atom. The lowest BCUT2D eigenvalue weighted by Crippen LogP contribution is -2.16. The van der Waals surface area contributed by atoms with Crippen LogP contribution in [0.15, 0.2) is 78.1 Å². The second-order valence-electron chi connectivity index (χ2n) is 8.24. The van der Waals surface area contributed by atoms with Gasteiger partial charge in [0.15, 0.2) is 11.0 Å². The molecule has 180 valence electrons. The van der Waals surface area contributed by atoms with Crippen LogP contribution in [0.5, 0.6) is 0 Å². The van der Waals surface area contributed by atoms with Gasteiger partial charge < -0.3 is 10.3 Å². The first kappa shape index (κ1) is 23.3. The van der Waals surface area contributed by atoms with E-state index in [9.17, 15) is 14.9 Å². The van der Waals surface area contributed by atoms with Gasteiger partial charge >= 0.3 is 0 Å². The lowest BCUT2D eigenvalue weighted by molar-refractivity contribution is -0.384. The van der Waals surface area contributed by atoms with E-state index < -0.39 is 4.92 Å². The fourth-order valence-corrected chi connectivity index (χ4v) is 4.84. The molecule has 1 amide bonds. The van der Waals surface area contributed by atoms with E-state index in [1.54, 1.807) is 19.1 Å². The summed E-state index contributed by atoms with van der Waals surface area (Å²) in [7, 11) is 0. The number of hydrogen-bond acceptors (Lipinski definition) is 6. The summed E-state index contributed by atoms with van der Waals surface area (Å²) in [6.07, 6.45) is 1.90. The monoisotopic (exact) mass is 498 g/mol. The van der Waals surface area contributed by atoms with E-state index in [4.69, 9.17) is 0 Å². The molecule has 0 atom stereocenters. The van der Waals surface area contributed by atoms with Crippen molar-refractivity contribution in [3.63, 3.8) is 0 Å². The molecule has 0 saturated heterocycles. The lowest BCUT2D eigenvalue weighted by Gasteiger charge is -2.13. The number of fused-ring (bicyclic) bond motifs is 1.